The van der Waals surface area contributed by atoms with Gasteiger partial charge in [-0.3, -0.25) is 9.11 Å². The lowest BCUT2D eigenvalue weighted by atomic mass is 10.0. The van der Waals surface area contributed by atoms with Crippen LogP contribution in [0.4, 0.5) is 0 Å². The number of hydrogen-bond donors (Lipinski definition) is 2. The van der Waals surface area contributed by atoms with Gasteiger partial charge in [0.2, 0.25) is 0 Å². The van der Waals surface area contributed by atoms with Gasteiger partial charge in [0.25, 0.3) is 0 Å². The van der Waals surface area contributed by atoms with Crippen LogP contribution in [0, 0.1) is 6.92 Å². The highest BCUT2D eigenvalue weighted by Gasteiger charge is 1.95. The molecule has 0 aliphatic carbocycles. The molecule has 0 fully saturated rings. The predicted octanol–water partition coefficient (Wildman–Crippen LogP) is 5.81. The first kappa shape index (κ1) is 23.1. The van der Waals surface area contributed by atoms with E-state index in [4.69, 9.17) is 17.5 Å². The summed E-state index contributed by atoms with van der Waals surface area (Å²) >= 11 is 0. The van der Waals surface area contributed by atoms with Crippen LogP contribution in [-0.2, 0) is 16.8 Å². The topological polar surface area (TPSA) is 74.6 Å². The first-order chi connectivity index (χ1) is 11.3. The molecule has 0 heterocycles. The van der Waals surface area contributed by atoms with Crippen LogP contribution in [0.3, 0.4) is 0 Å². The Morgan fingerprint density at radius 3 is 1.54 bits per heavy atom. The maximum absolute atomic E-state index is 8.74. The molecule has 140 valence electrons. The maximum atomic E-state index is 8.74. The van der Waals surface area contributed by atoms with Crippen molar-refractivity contribution >= 4 is 10.4 Å². The van der Waals surface area contributed by atoms with Gasteiger partial charge < -0.3 is 0 Å². The Morgan fingerprint density at radius 1 is 0.750 bits per heavy atom. The lowest BCUT2D eigenvalue weighted by Gasteiger charge is -2.03. The molecule has 0 saturated heterocycles. The first-order valence-electron chi connectivity index (χ1n) is 9.08. The van der Waals surface area contributed by atoms with Gasteiger partial charge in [0, 0.05) is 0 Å². The Kier molecular flexibility index (Phi) is 13.9. The fraction of sp³-hybridized carbons (Fsp3) is 0.684. The molecule has 0 unspecified atom stereocenters. The number of unbranched alkanes of at least 4 members (excludes halogenated alkanes) is 9. The zero-order chi connectivity index (χ0) is 18.3. The van der Waals surface area contributed by atoms with Gasteiger partial charge in [-0.25, -0.2) is 0 Å². The second-order valence-electron chi connectivity index (χ2n) is 6.37. The van der Waals surface area contributed by atoms with E-state index in [0.717, 1.165) is 0 Å². The number of rotatable bonds is 11. The van der Waals surface area contributed by atoms with Gasteiger partial charge in [-0.15, -0.1) is 0 Å². The van der Waals surface area contributed by atoms with Crippen LogP contribution in [0.2, 0.25) is 0 Å². The first-order valence-corrected chi connectivity index (χ1v) is 10.5. The molecule has 0 saturated carbocycles. The van der Waals surface area contributed by atoms with Gasteiger partial charge >= 0.3 is 10.4 Å². The zero-order valence-corrected chi connectivity index (χ0v) is 16.0. The van der Waals surface area contributed by atoms with Crippen molar-refractivity contribution in [1.29, 1.82) is 0 Å². The second-order valence-corrected chi connectivity index (χ2v) is 7.26. The molecular formula is C19H34O4S. The minimum Gasteiger partial charge on any atom is -0.264 e. The van der Waals surface area contributed by atoms with Crippen molar-refractivity contribution in [3.8, 4) is 0 Å². The van der Waals surface area contributed by atoms with Crippen molar-refractivity contribution in [2.75, 3.05) is 0 Å². The predicted molar refractivity (Wildman–Crippen MR) is 101 cm³/mol. The SMILES string of the molecule is CCCCCCCCCCCCc1ccc(C)cc1.O=S(=O)(O)O. The number of aryl methyl sites for hydroxylation is 2. The smallest absolute Gasteiger partial charge is 0.264 e. The minimum atomic E-state index is -4.67. The lowest BCUT2D eigenvalue weighted by Crippen LogP contribution is -1.89. The van der Waals surface area contributed by atoms with Crippen molar-refractivity contribution < 1.29 is 17.5 Å². The maximum Gasteiger partial charge on any atom is 0.394 e. The van der Waals surface area contributed by atoms with E-state index in [1.165, 1.54) is 81.8 Å². The fourth-order valence-corrected chi connectivity index (χ4v) is 2.57. The van der Waals surface area contributed by atoms with Crippen molar-refractivity contribution in [3.63, 3.8) is 0 Å². The van der Waals surface area contributed by atoms with Crippen LogP contribution in [-0.4, -0.2) is 17.5 Å². The summed E-state index contributed by atoms with van der Waals surface area (Å²) in [7, 11) is -4.67. The van der Waals surface area contributed by atoms with Crippen molar-refractivity contribution in [2.24, 2.45) is 0 Å². The number of benzene rings is 1. The molecule has 0 radical (unpaired) electrons. The van der Waals surface area contributed by atoms with Gasteiger partial charge in [0.15, 0.2) is 0 Å². The van der Waals surface area contributed by atoms with Crippen LogP contribution in [0.15, 0.2) is 24.3 Å². The molecule has 2 N–H and O–H groups in total. The van der Waals surface area contributed by atoms with E-state index < -0.39 is 10.4 Å². The zero-order valence-electron chi connectivity index (χ0n) is 15.2. The average molecular weight is 359 g/mol. The van der Waals surface area contributed by atoms with Crippen molar-refractivity contribution in [1.82, 2.24) is 0 Å². The summed E-state index contributed by atoms with van der Waals surface area (Å²) < 4.78 is 31.6. The molecule has 0 bridgehead atoms. The molecule has 0 spiro atoms. The van der Waals surface area contributed by atoms with E-state index in [2.05, 4.69) is 38.1 Å². The third-order valence-corrected chi connectivity index (χ3v) is 3.94. The summed E-state index contributed by atoms with van der Waals surface area (Å²) in [6, 6.07) is 9.02. The standard InChI is InChI=1S/C19H32.H2O4S/c1-3-4-5-6-7-8-9-10-11-12-13-19-16-14-18(2)15-17-19;1-5(2,3)4/h14-17H,3-13H2,1-2H3;(H2,1,2,3,4). The molecule has 1 rings (SSSR count). The van der Waals surface area contributed by atoms with E-state index >= 15 is 0 Å². The van der Waals surface area contributed by atoms with E-state index in [0.29, 0.717) is 0 Å². The summed E-state index contributed by atoms with van der Waals surface area (Å²) in [5.74, 6) is 0. The van der Waals surface area contributed by atoms with Crippen LogP contribution < -0.4 is 0 Å². The van der Waals surface area contributed by atoms with Crippen LogP contribution in [0.25, 0.3) is 0 Å². The third-order valence-electron chi connectivity index (χ3n) is 3.94. The highest BCUT2D eigenvalue weighted by Crippen LogP contribution is 2.12. The summed E-state index contributed by atoms with van der Waals surface area (Å²) in [5.41, 5.74) is 2.87. The molecule has 4 nitrogen and oxygen atoms in total. The van der Waals surface area contributed by atoms with E-state index in [9.17, 15) is 0 Å². The molecule has 0 atom stereocenters. The average Bonchev–Trinajstić information content (AvgIpc) is 2.49. The lowest BCUT2D eigenvalue weighted by molar-refractivity contribution is 0.381. The summed E-state index contributed by atoms with van der Waals surface area (Å²) in [4.78, 5) is 0. The Balaban J connectivity index is 0.000000922. The quantitative estimate of drug-likeness (QED) is 0.387. The monoisotopic (exact) mass is 358 g/mol. The highest BCUT2D eigenvalue weighted by molar-refractivity contribution is 7.79. The molecule has 0 amide bonds. The van der Waals surface area contributed by atoms with Gasteiger partial charge in [0.05, 0.1) is 0 Å². The van der Waals surface area contributed by atoms with Crippen molar-refractivity contribution in [2.45, 2.75) is 84.5 Å². The highest BCUT2D eigenvalue weighted by atomic mass is 32.3. The molecule has 1 aromatic carbocycles. The van der Waals surface area contributed by atoms with Crippen LogP contribution in [0.5, 0.6) is 0 Å². The van der Waals surface area contributed by atoms with E-state index in [1.54, 1.807) is 0 Å². The van der Waals surface area contributed by atoms with E-state index in [-0.39, 0.29) is 0 Å². The van der Waals surface area contributed by atoms with Crippen molar-refractivity contribution in [3.05, 3.63) is 35.4 Å². The largest absolute Gasteiger partial charge is 0.394 e. The molecule has 0 aliphatic rings. The molecule has 24 heavy (non-hydrogen) atoms. The van der Waals surface area contributed by atoms with Gasteiger partial charge in [-0.2, -0.15) is 8.42 Å². The Hall–Kier alpha value is -0.910. The molecule has 1 aromatic rings. The summed E-state index contributed by atoms with van der Waals surface area (Å²) in [5, 5.41) is 0. The molecule has 5 heteroatoms. The number of hydrogen-bond acceptors (Lipinski definition) is 2. The van der Waals surface area contributed by atoms with Gasteiger partial charge in [-0.05, 0) is 25.3 Å². The normalized spacial score (nSPS) is 11.0. The molecular weight excluding hydrogens is 324 g/mol. The van der Waals surface area contributed by atoms with Gasteiger partial charge in [-0.1, -0.05) is 94.5 Å². The van der Waals surface area contributed by atoms with Gasteiger partial charge in [0.1, 0.15) is 0 Å². The molecule has 0 aromatic heterocycles. The van der Waals surface area contributed by atoms with E-state index in [1.807, 2.05) is 0 Å². The second kappa shape index (κ2) is 14.4. The van der Waals surface area contributed by atoms with Crippen LogP contribution in [0.1, 0.15) is 82.3 Å². The van der Waals surface area contributed by atoms with Crippen LogP contribution >= 0.6 is 0 Å². The summed E-state index contributed by atoms with van der Waals surface area (Å²) in [6.45, 7) is 4.44. The minimum absolute atomic E-state index is 1.26. The third kappa shape index (κ3) is 19.1. The summed E-state index contributed by atoms with van der Waals surface area (Å²) in [6.07, 6.45) is 15.5. The Morgan fingerprint density at radius 2 is 1.12 bits per heavy atom. The Labute approximate surface area is 148 Å². The molecule has 0 aliphatic heterocycles. The Bertz CT molecular complexity index is 487. The fourth-order valence-electron chi connectivity index (χ4n) is 2.57.